The molecule has 1 aliphatic rings. The maximum absolute atomic E-state index is 13.8. The number of halogens is 2. The van der Waals surface area contributed by atoms with Crippen LogP contribution in [0.2, 0.25) is 0 Å². The lowest BCUT2D eigenvalue weighted by Crippen LogP contribution is -2.32. The average molecular weight is 479 g/mol. The first-order valence-electron chi connectivity index (χ1n) is 11.9. The predicted molar refractivity (Wildman–Crippen MR) is 128 cm³/mol. The van der Waals surface area contributed by atoms with E-state index in [-0.39, 0.29) is 12.3 Å². The van der Waals surface area contributed by atoms with E-state index in [0.29, 0.717) is 48.9 Å². The number of aromatic nitrogens is 5. The van der Waals surface area contributed by atoms with Crippen LogP contribution in [-0.2, 0) is 25.9 Å². The average Bonchev–Trinajstić information content (AvgIpc) is 3.42. The molecule has 0 spiro atoms. The van der Waals surface area contributed by atoms with Gasteiger partial charge in [-0.15, -0.1) is 0 Å². The number of aryl methyl sites for hydroxylation is 3. The number of imidazole rings is 2. The number of rotatable bonds is 6. The summed E-state index contributed by atoms with van der Waals surface area (Å²) in [4.78, 5) is 26.4. The third-order valence-electron chi connectivity index (χ3n) is 6.66. The summed E-state index contributed by atoms with van der Waals surface area (Å²) < 4.78 is 31.2. The fourth-order valence-corrected chi connectivity index (χ4v) is 4.62. The van der Waals surface area contributed by atoms with E-state index in [0.717, 1.165) is 29.3 Å². The second-order valence-corrected chi connectivity index (χ2v) is 9.32. The number of nitrogens with one attached hydrogen (secondary N) is 1. The summed E-state index contributed by atoms with van der Waals surface area (Å²) in [6.45, 7) is 5.80. The molecule has 182 valence electrons. The number of carbonyl (C=O) groups is 1. The number of fused-ring (bicyclic) bond motifs is 2. The van der Waals surface area contributed by atoms with Crippen LogP contribution in [0, 0.1) is 12.8 Å². The molecule has 9 heteroatoms. The molecule has 1 amide bonds. The second kappa shape index (κ2) is 8.87. The van der Waals surface area contributed by atoms with Crippen molar-refractivity contribution in [3.8, 4) is 11.3 Å². The molecule has 0 aliphatic carbocycles. The van der Waals surface area contributed by atoms with Gasteiger partial charge < -0.3 is 9.88 Å². The normalized spacial score (nSPS) is 15.9. The molecule has 4 heterocycles. The zero-order valence-electron chi connectivity index (χ0n) is 20.1. The molecule has 1 atom stereocenters. The molecular formula is C26H28F2N6O. The third kappa shape index (κ3) is 4.54. The molecule has 7 nitrogen and oxygen atoms in total. The number of carbonyl (C=O) groups excluding carboxylic acids is 1. The SMILES string of the molecule is CCc1nc2ncc(C)cn2c1C(=O)NCc1ccc(-c2cn3c(n2)CC(C(C)(F)F)CC3)cc1. The summed E-state index contributed by atoms with van der Waals surface area (Å²) in [6, 6.07) is 7.77. The maximum Gasteiger partial charge on any atom is 0.270 e. The highest BCUT2D eigenvalue weighted by molar-refractivity contribution is 5.94. The van der Waals surface area contributed by atoms with Gasteiger partial charge in [-0.3, -0.25) is 9.20 Å². The molecule has 0 fully saturated rings. The zero-order valence-corrected chi connectivity index (χ0v) is 20.1. The molecule has 3 aromatic heterocycles. The molecule has 1 aliphatic heterocycles. The Balaban J connectivity index is 1.28. The number of amides is 1. The number of hydrogen-bond acceptors (Lipinski definition) is 4. The summed E-state index contributed by atoms with van der Waals surface area (Å²) in [5.74, 6) is -2.34. The molecular weight excluding hydrogens is 450 g/mol. The van der Waals surface area contributed by atoms with E-state index in [1.807, 2.05) is 55.1 Å². The van der Waals surface area contributed by atoms with Gasteiger partial charge >= 0.3 is 0 Å². The number of nitrogens with zero attached hydrogens (tertiary/aromatic N) is 5. The van der Waals surface area contributed by atoms with E-state index < -0.39 is 11.8 Å². The number of hydrogen-bond donors (Lipinski definition) is 1. The predicted octanol–water partition coefficient (Wildman–Crippen LogP) is 4.61. The number of alkyl halides is 2. The molecule has 0 radical (unpaired) electrons. The van der Waals surface area contributed by atoms with Gasteiger partial charge in [0.1, 0.15) is 11.5 Å². The summed E-state index contributed by atoms with van der Waals surface area (Å²) >= 11 is 0. The van der Waals surface area contributed by atoms with Crippen molar-refractivity contribution in [1.82, 2.24) is 29.2 Å². The fraction of sp³-hybridized carbons (Fsp3) is 0.385. The summed E-state index contributed by atoms with van der Waals surface area (Å²) in [7, 11) is 0. The van der Waals surface area contributed by atoms with Crippen molar-refractivity contribution in [2.45, 2.75) is 59.0 Å². The Labute approximate surface area is 202 Å². The molecule has 35 heavy (non-hydrogen) atoms. The van der Waals surface area contributed by atoms with E-state index in [1.165, 1.54) is 0 Å². The molecule has 5 rings (SSSR count). The van der Waals surface area contributed by atoms with Gasteiger partial charge in [0.2, 0.25) is 11.7 Å². The molecule has 1 aromatic carbocycles. The van der Waals surface area contributed by atoms with Crippen LogP contribution in [-0.4, -0.2) is 35.7 Å². The van der Waals surface area contributed by atoms with E-state index in [9.17, 15) is 13.6 Å². The molecule has 0 saturated heterocycles. The molecule has 0 saturated carbocycles. The highest BCUT2D eigenvalue weighted by atomic mass is 19.3. The van der Waals surface area contributed by atoms with E-state index in [2.05, 4.69) is 20.3 Å². The lowest BCUT2D eigenvalue weighted by molar-refractivity contribution is -0.0488. The highest BCUT2D eigenvalue weighted by Crippen LogP contribution is 2.34. The Morgan fingerprint density at radius 1 is 1.20 bits per heavy atom. The van der Waals surface area contributed by atoms with Gasteiger partial charge in [-0.25, -0.2) is 23.7 Å². The standard InChI is InChI=1S/C26H28F2N6O/c1-4-20-23(34-14-16(2)12-30-25(34)32-20)24(35)29-13-17-5-7-18(8-6-17)21-15-33-10-9-19(26(3,27)28)11-22(33)31-21/h5-8,12,14-15,19H,4,9-11,13H2,1-3H3,(H,29,35). The van der Waals surface area contributed by atoms with Crippen LogP contribution < -0.4 is 5.32 Å². The lowest BCUT2D eigenvalue weighted by atomic mass is 9.92. The minimum atomic E-state index is -2.69. The fourth-order valence-electron chi connectivity index (χ4n) is 4.62. The first kappa shape index (κ1) is 23.1. The summed E-state index contributed by atoms with van der Waals surface area (Å²) in [5.41, 5.74) is 4.80. The van der Waals surface area contributed by atoms with E-state index in [4.69, 9.17) is 0 Å². The Bertz CT molecular complexity index is 1380. The Morgan fingerprint density at radius 2 is 1.97 bits per heavy atom. The second-order valence-electron chi connectivity index (χ2n) is 9.32. The largest absolute Gasteiger partial charge is 0.347 e. The van der Waals surface area contributed by atoms with Crippen molar-refractivity contribution in [2.75, 3.05) is 0 Å². The van der Waals surface area contributed by atoms with Crippen molar-refractivity contribution in [3.05, 3.63) is 71.2 Å². The van der Waals surface area contributed by atoms with Crippen LogP contribution in [0.25, 0.3) is 17.0 Å². The topological polar surface area (TPSA) is 77.1 Å². The van der Waals surface area contributed by atoms with Gasteiger partial charge in [0.25, 0.3) is 5.91 Å². The molecule has 1 N–H and O–H groups in total. The van der Waals surface area contributed by atoms with Crippen LogP contribution in [0.15, 0.2) is 42.9 Å². The van der Waals surface area contributed by atoms with Crippen molar-refractivity contribution >= 4 is 11.7 Å². The van der Waals surface area contributed by atoms with Crippen LogP contribution in [0.5, 0.6) is 0 Å². The minimum Gasteiger partial charge on any atom is -0.347 e. The van der Waals surface area contributed by atoms with Gasteiger partial charge in [-0.05, 0) is 37.8 Å². The van der Waals surface area contributed by atoms with Gasteiger partial charge in [-0.1, -0.05) is 31.2 Å². The van der Waals surface area contributed by atoms with Crippen LogP contribution in [0.3, 0.4) is 0 Å². The molecule has 4 aromatic rings. The van der Waals surface area contributed by atoms with Crippen molar-refractivity contribution in [2.24, 2.45) is 5.92 Å². The number of benzene rings is 1. The van der Waals surface area contributed by atoms with Gasteiger partial charge in [0.15, 0.2) is 0 Å². The van der Waals surface area contributed by atoms with Crippen LogP contribution in [0.1, 0.15) is 53.4 Å². The summed E-state index contributed by atoms with van der Waals surface area (Å²) in [6.07, 6.45) is 6.90. The first-order chi connectivity index (χ1) is 16.7. The van der Waals surface area contributed by atoms with Gasteiger partial charge in [0.05, 0.1) is 11.4 Å². The van der Waals surface area contributed by atoms with Crippen LogP contribution >= 0.6 is 0 Å². The Kier molecular flexibility index (Phi) is 5.86. The highest BCUT2D eigenvalue weighted by Gasteiger charge is 2.37. The van der Waals surface area contributed by atoms with Crippen LogP contribution in [0.4, 0.5) is 8.78 Å². The van der Waals surface area contributed by atoms with Crippen molar-refractivity contribution < 1.29 is 13.6 Å². The van der Waals surface area contributed by atoms with Gasteiger partial charge in [0, 0.05) is 49.6 Å². The monoisotopic (exact) mass is 478 g/mol. The lowest BCUT2D eigenvalue weighted by Gasteiger charge is -2.27. The Hall–Kier alpha value is -3.62. The maximum atomic E-state index is 13.8. The van der Waals surface area contributed by atoms with Crippen molar-refractivity contribution in [3.63, 3.8) is 0 Å². The first-order valence-corrected chi connectivity index (χ1v) is 11.9. The smallest absolute Gasteiger partial charge is 0.270 e. The van der Waals surface area contributed by atoms with E-state index in [1.54, 1.807) is 10.6 Å². The molecule has 0 bridgehead atoms. The van der Waals surface area contributed by atoms with Gasteiger partial charge in [-0.2, -0.15) is 0 Å². The zero-order chi connectivity index (χ0) is 24.7. The molecule has 1 unspecified atom stereocenters. The van der Waals surface area contributed by atoms with Crippen molar-refractivity contribution in [1.29, 1.82) is 0 Å². The minimum absolute atomic E-state index is 0.199. The third-order valence-corrected chi connectivity index (χ3v) is 6.66. The summed E-state index contributed by atoms with van der Waals surface area (Å²) in [5, 5.41) is 2.99. The Morgan fingerprint density at radius 3 is 2.69 bits per heavy atom. The van der Waals surface area contributed by atoms with E-state index >= 15 is 0 Å². The quantitative estimate of drug-likeness (QED) is 0.439.